The second-order valence-corrected chi connectivity index (χ2v) is 7.87. The molecule has 172 valence electrons. The van der Waals surface area contributed by atoms with Gasteiger partial charge in [-0.3, -0.25) is 14.9 Å². The van der Waals surface area contributed by atoms with E-state index in [1.54, 1.807) is 24.3 Å². The zero-order chi connectivity index (χ0) is 24.0. The Morgan fingerprint density at radius 3 is 2.64 bits per heavy atom. The standard InChI is InChI=1S/C22H21N3O7S/c1-13-17(14(2)32-24-13)12-33-20-7-5-4-6-16(20)22(27)31-11-21(26)23-18-9-8-15(25(28)29)10-19(18)30-3/h4-10H,11-12H2,1-3H3,(H,23,26). The van der Waals surface area contributed by atoms with E-state index >= 15 is 0 Å². The number of aryl methyl sites for hydroxylation is 2. The third kappa shape index (κ3) is 5.89. The Hall–Kier alpha value is -3.86. The Labute approximate surface area is 193 Å². The summed E-state index contributed by atoms with van der Waals surface area (Å²) in [4.78, 5) is 35.9. The number of hydrogen-bond acceptors (Lipinski definition) is 9. The number of rotatable bonds is 9. The first kappa shape index (κ1) is 23.8. The number of nitro groups is 1. The van der Waals surface area contributed by atoms with E-state index in [1.165, 1.54) is 37.1 Å². The van der Waals surface area contributed by atoms with Crippen LogP contribution in [0.5, 0.6) is 5.75 Å². The molecular formula is C22H21N3O7S. The first-order valence-electron chi connectivity index (χ1n) is 9.73. The van der Waals surface area contributed by atoms with Gasteiger partial charge in [0.05, 0.1) is 35.0 Å². The van der Waals surface area contributed by atoms with Crippen LogP contribution >= 0.6 is 11.8 Å². The quantitative estimate of drug-likeness (QED) is 0.210. The number of aromatic nitrogens is 1. The highest BCUT2D eigenvalue weighted by molar-refractivity contribution is 7.98. The van der Waals surface area contributed by atoms with Crippen LogP contribution in [0.15, 0.2) is 51.9 Å². The third-order valence-electron chi connectivity index (χ3n) is 4.66. The molecule has 0 spiro atoms. The second kappa shape index (κ2) is 10.6. The highest BCUT2D eigenvalue weighted by atomic mass is 32.2. The van der Waals surface area contributed by atoms with Gasteiger partial charge in [-0.15, -0.1) is 11.8 Å². The van der Waals surface area contributed by atoms with Crippen molar-refractivity contribution in [2.24, 2.45) is 0 Å². The molecule has 0 atom stereocenters. The van der Waals surface area contributed by atoms with Crippen LogP contribution in [0.3, 0.4) is 0 Å². The maximum Gasteiger partial charge on any atom is 0.339 e. The van der Waals surface area contributed by atoms with Gasteiger partial charge in [-0.05, 0) is 32.0 Å². The van der Waals surface area contributed by atoms with Gasteiger partial charge in [0.25, 0.3) is 11.6 Å². The van der Waals surface area contributed by atoms with Crippen molar-refractivity contribution < 1.29 is 28.5 Å². The molecule has 0 aliphatic rings. The smallest absolute Gasteiger partial charge is 0.339 e. The number of carbonyl (C=O) groups is 2. The molecule has 3 aromatic rings. The highest BCUT2D eigenvalue weighted by Crippen LogP contribution is 2.30. The molecule has 0 saturated carbocycles. The van der Waals surface area contributed by atoms with Crippen molar-refractivity contribution in [3.8, 4) is 5.75 Å². The normalized spacial score (nSPS) is 10.5. The number of esters is 1. The van der Waals surface area contributed by atoms with Crippen molar-refractivity contribution in [1.82, 2.24) is 5.16 Å². The maximum atomic E-state index is 12.6. The number of amides is 1. The third-order valence-corrected chi connectivity index (χ3v) is 5.76. The van der Waals surface area contributed by atoms with Crippen LogP contribution in [0.1, 0.15) is 27.4 Å². The van der Waals surface area contributed by atoms with Gasteiger partial charge < -0.3 is 19.3 Å². The minimum Gasteiger partial charge on any atom is -0.494 e. The Balaban J connectivity index is 1.62. The molecule has 1 amide bonds. The summed E-state index contributed by atoms with van der Waals surface area (Å²) in [5, 5.41) is 17.3. The van der Waals surface area contributed by atoms with Crippen LogP contribution in [0.2, 0.25) is 0 Å². The van der Waals surface area contributed by atoms with Crippen molar-refractivity contribution >= 4 is 35.0 Å². The topological polar surface area (TPSA) is 134 Å². The summed E-state index contributed by atoms with van der Waals surface area (Å²) in [7, 11) is 1.33. The fraction of sp³-hybridized carbons (Fsp3) is 0.227. The van der Waals surface area contributed by atoms with E-state index in [4.69, 9.17) is 14.0 Å². The lowest BCUT2D eigenvalue weighted by molar-refractivity contribution is -0.384. The Kier molecular flexibility index (Phi) is 7.67. The maximum absolute atomic E-state index is 12.6. The van der Waals surface area contributed by atoms with Crippen molar-refractivity contribution in [3.63, 3.8) is 0 Å². The number of nitro benzene ring substituents is 1. The lowest BCUT2D eigenvalue weighted by Gasteiger charge is -2.11. The molecule has 3 rings (SSSR count). The number of nitrogens with zero attached hydrogens (tertiary/aromatic N) is 2. The SMILES string of the molecule is COc1cc([N+](=O)[O-])ccc1NC(=O)COC(=O)c1ccccc1SCc1c(C)noc1C. The van der Waals surface area contributed by atoms with Crippen molar-refractivity contribution in [3.05, 3.63) is 75.2 Å². The molecule has 0 saturated heterocycles. The molecule has 0 radical (unpaired) electrons. The molecule has 1 N–H and O–H groups in total. The van der Waals surface area contributed by atoms with Gasteiger partial charge in [-0.25, -0.2) is 4.79 Å². The van der Waals surface area contributed by atoms with Gasteiger partial charge >= 0.3 is 5.97 Å². The van der Waals surface area contributed by atoms with Crippen LogP contribution in [-0.2, 0) is 15.3 Å². The van der Waals surface area contributed by atoms with Gasteiger partial charge in [0.2, 0.25) is 0 Å². The van der Waals surface area contributed by atoms with Gasteiger partial charge in [0, 0.05) is 22.3 Å². The van der Waals surface area contributed by atoms with Gasteiger partial charge in [-0.1, -0.05) is 17.3 Å². The molecule has 1 heterocycles. The largest absolute Gasteiger partial charge is 0.494 e. The van der Waals surface area contributed by atoms with Gasteiger partial charge in [0.15, 0.2) is 6.61 Å². The zero-order valence-electron chi connectivity index (χ0n) is 18.1. The minimum atomic E-state index is -0.650. The first-order valence-corrected chi connectivity index (χ1v) is 10.7. The summed E-state index contributed by atoms with van der Waals surface area (Å²) in [6, 6.07) is 10.7. The molecule has 0 aliphatic carbocycles. The monoisotopic (exact) mass is 471 g/mol. The summed E-state index contributed by atoms with van der Waals surface area (Å²) in [6.45, 7) is 3.14. The van der Waals surface area contributed by atoms with E-state index in [-0.39, 0.29) is 17.1 Å². The predicted molar refractivity (Wildman–Crippen MR) is 121 cm³/mol. The lowest BCUT2D eigenvalue weighted by Crippen LogP contribution is -2.21. The summed E-state index contributed by atoms with van der Waals surface area (Å²) in [5.74, 6) is 0.133. The van der Waals surface area contributed by atoms with E-state index in [0.29, 0.717) is 16.2 Å². The molecule has 0 fully saturated rings. The van der Waals surface area contributed by atoms with Crippen LogP contribution in [0, 0.1) is 24.0 Å². The van der Waals surface area contributed by atoms with E-state index in [0.717, 1.165) is 17.0 Å². The lowest BCUT2D eigenvalue weighted by atomic mass is 10.2. The fourth-order valence-electron chi connectivity index (χ4n) is 2.91. The second-order valence-electron chi connectivity index (χ2n) is 6.85. The number of ether oxygens (including phenoxy) is 2. The average molecular weight is 471 g/mol. The fourth-order valence-corrected chi connectivity index (χ4v) is 4.10. The summed E-state index contributed by atoms with van der Waals surface area (Å²) in [6.07, 6.45) is 0. The summed E-state index contributed by atoms with van der Waals surface area (Å²) < 4.78 is 15.4. The van der Waals surface area contributed by atoms with Crippen molar-refractivity contribution in [1.29, 1.82) is 0 Å². The van der Waals surface area contributed by atoms with Crippen LogP contribution in [0.25, 0.3) is 0 Å². The van der Waals surface area contributed by atoms with E-state index in [2.05, 4.69) is 10.5 Å². The minimum absolute atomic E-state index is 0.116. The van der Waals surface area contributed by atoms with Crippen LogP contribution in [-0.4, -0.2) is 35.7 Å². The molecule has 10 nitrogen and oxygen atoms in total. The predicted octanol–water partition coefficient (Wildman–Crippen LogP) is 4.30. The highest BCUT2D eigenvalue weighted by Gasteiger charge is 2.18. The summed E-state index contributed by atoms with van der Waals surface area (Å²) >= 11 is 1.43. The Bertz CT molecular complexity index is 1170. The molecule has 0 bridgehead atoms. The number of benzene rings is 2. The van der Waals surface area contributed by atoms with Crippen molar-refractivity contribution in [2.45, 2.75) is 24.5 Å². The number of thioether (sulfide) groups is 1. The molecule has 1 aromatic heterocycles. The van der Waals surface area contributed by atoms with E-state index in [1.807, 2.05) is 13.8 Å². The number of non-ortho nitro benzene ring substituents is 1. The molecule has 0 aliphatic heterocycles. The summed E-state index contributed by atoms with van der Waals surface area (Å²) in [5.41, 5.74) is 2.12. The number of anilines is 1. The van der Waals surface area contributed by atoms with E-state index in [9.17, 15) is 19.7 Å². The van der Waals surface area contributed by atoms with E-state index < -0.39 is 23.4 Å². The Morgan fingerprint density at radius 2 is 1.97 bits per heavy atom. The van der Waals surface area contributed by atoms with Gasteiger partial charge in [-0.2, -0.15) is 0 Å². The Morgan fingerprint density at radius 1 is 1.21 bits per heavy atom. The number of methoxy groups -OCH3 is 1. The molecule has 11 heteroatoms. The molecule has 33 heavy (non-hydrogen) atoms. The van der Waals surface area contributed by atoms with Gasteiger partial charge in [0.1, 0.15) is 11.5 Å². The van der Waals surface area contributed by atoms with Crippen molar-refractivity contribution in [2.75, 3.05) is 19.0 Å². The number of carbonyl (C=O) groups excluding carboxylic acids is 2. The number of hydrogen-bond donors (Lipinski definition) is 1. The average Bonchev–Trinajstić information content (AvgIpc) is 3.13. The molecule has 2 aromatic carbocycles. The van der Waals surface area contributed by atoms with Crippen LogP contribution in [0.4, 0.5) is 11.4 Å². The van der Waals surface area contributed by atoms with Crippen LogP contribution < -0.4 is 10.1 Å². The first-order chi connectivity index (χ1) is 15.8. The molecular weight excluding hydrogens is 450 g/mol. The molecule has 0 unspecified atom stereocenters. The zero-order valence-corrected chi connectivity index (χ0v) is 18.9. The number of nitrogens with one attached hydrogen (secondary N) is 1.